The van der Waals surface area contributed by atoms with Crippen LogP contribution in [0.1, 0.15) is 5.56 Å². The molecule has 1 aliphatic heterocycles. The van der Waals surface area contributed by atoms with Crippen molar-refractivity contribution >= 4 is 22.4 Å². The monoisotopic (exact) mass is 403 g/mol. The SMILES string of the molecule is COc1ccc2cc(CN(C)CC(=O)N3CCN(c4ccccc4)CC3)ccc2c1. The molecule has 0 aromatic heterocycles. The smallest absolute Gasteiger partial charge is 0.236 e. The number of piperazine rings is 1. The Labute approximate surface area is 178 Å². The minimum absolute atomic E-state index is 0.204. The van der Waals surface area contributed by atoms with Gasteiger partial charge in [-0.1, -0.05) is 36.4 Å². The highest BCUT2D eigenvalue weighted by molar-refractivity contribution is 5.84. The van der Waals surface area contributed by atoms with Crippen molar-refractivity contribution in [3.05, 3.63) is 72.3 Å². The van der Waals surface area contributed by atoms with Crippen molar-refractivity contribution in [3.63, 3.8) is 0 Å². The molecule has 0 radical (unpaired) electrons. The van der Waals surface area contributed by atoms with E-state index >= 15 is 0 Å². The summed E-state index contributed by atoms with van der Waals surface area (Å²) in [7, 11) is 3.69. The predicted octanol–water partition coefficient (Wildman–Crippen LogP) is 3.63. The summed E-state index contributed by atoms with van der Waals surface area (Å²) in [6.45, 7) is 4.50. The van der Waals surface area contributed by atoms with E-state index in [9.17, 15) is 4.79 Å². The van der Waals surface area contributed by atoms with E-state index in [1.165, 1.54) is 16.6 Å². The van der Waals surface area contributed by atoms with Crippen molar-refractivity contribution in [2.75, 3.05) is 51.8 Å². The molecule has 0 aliphatic carbocycles. The topological polar surface area (TPSA) is 36.0 Å². The van der Waals surface area contributed by atoms with Crippen LogP contribution in [0, 0.1) is 0 Å². The second kappa shape index (κ2) is 9.18. The average molecular weight is 404 g/mol. The second-order valence-corrected chi connectivity index (χ2v) is 7.92. The van der Waals surface area contributed by atoms with E-state index < -0.39 is 0 Å². The van der Waals surface area contributed by atoms with Gasteiger partial charge in [-0.3, -0.25) is 9.69 Å². The molecule has 1 saturated heterocycles. The second-order valence-electron chi connectivity index (χ2n) is 7.92. The lowest BCUT2D eigenvalue weighted by atomic mass is 10.1. The molecule has 30 heavy (non-hydrogen) atoms. The standard InChI is InChI=1S/C25H29N3O2/c1-26(18-20-8-9-22-17-24(30-2)11-10-21(22)16-20)19-25(29)28-14-12-27(13-15-28)23-6-4-3-5-7-23/h3-11,16-17H,12-15,18-19H2,1-2H3. The van der Waals surface area contributed by atoms with Crippen LogP contribution >= 0.6 is 0 Å². The molecule has 0 bridgehead atoms. The highest BCUT2D eigenvalue weighted by atomic mass is 16.5. The van der Waals surface area contributed by atoms with E-state index in [1.807, 2.05) is 30.1 Å². The van der Waals surface area contributed by atoms with Crippen LogP contribution in [0.4, 0.5) is 5.69 Å². The number of amides is 1. The molecule has 1 aliphatic rings. The molecular formula is C25H29N3O2. The van der Waals surface area contributed by atoms with Crippen molar-refractivity contribution in [3.8, 4) is 5.75 Å². The molecule has 1 amide bonds. The van der Waals surface area contributed by atoms with Gasteiger partial charge in [0.15, 0.2) is 0 Å². The van der Waals surface area contributed by atoms with Crippen molar-refractivity contribution in [1.29, 1.82) is 0 Å². The van der Waals surface area contributed by atoms with Gasteiger partial charge in [0, 0.05) is 38.4 Å². The van der Waals surface area contributed by atoms with Gasteiger partial charge in [0.1, 0.15) is 5.75 Å². The lowest BCUT2D eigenvalue weighted by molar-refractivity contribution is -0.132. The van der Waals surface area contributed by atoms with Crippen LogP contribution in [-0.2, 0) is 11.3 Å². The number of benzene rings is 3. The number of nitrogens with zero attached hydrogens (tertiary/aromatic N) is 3. The van der Waals surface area contributed by atoms with Gasteiger partial charge >= 0.3 is 0 Å². The third-order valence-corrected chi connectivity index (χ3v) is 5.72. The molecule has 5 heteroatoms. The first kappa shape index (κ1) is 20.2. The molecule has 3 aromatic carbocycles. The fourth-order valence-electron chi connectivity index (χ4n) is 4.05. The highest BCUT2D eigenvalue weighted by Crippen LogP contribution is 2.22. The number of anilines is 1. The van der Waals surface area contributed by atoms with Crippen molar-refractivity contribution < 1.29 is 9.53 Å². The zero-order valence-corrected chi connectivity index (χ0v) is 17.8. The summed E-state index contributed by atoms with van der Waals surface area (Å²) < 4.78 is 5.30. The number of carbonyl (C=O) groups excluding carboxylic acids is 1. The van der Waals surface area contributed by atoms with Crippen LogP contribution in [0.5, 0.6) is 5.75 Å². The Morgan fingerprint density at radius 1 is 0.933 bits per heavy atom. The molecule has 0 spiro atoms. The number of hydrogen-bond donors (Lipinski definition) is 0. The Hall–Kier alpha value is -3.05. The fourth-order valence-corrected chi connectivity index (χ4v) is 4.05. The molecule has 156 valence electrons. The molecule has 1 heterocycles. The largest absolute Gasteiger partial charge is 0.497 e. The zero-order chi connectivity index (χ0) is 20.9. The third kappa shape index (κ3) is 4.74. The summed E-state index contributed by atoms with van der Waals surface area (Å²) >= 11 is 0. The maximum absolute atomic E-state index is 12.8. The van der Waals surface area contributed by atoms with Crippen LogP contribution in [0.2, 0.25) is 0 Å². The number of methoxy groups -OCH3 is 1. The molecule has 1 fully saturated rings. The van der Waals surface area contributed by atoms with E-state index in [2.05, 4.69) is 58.3 Å². The summed E-state index contributed by atoms with van der Waals surface area (Å²) in [6, 6.07) is 22.9. The molecule has 0 N–H and O–H groups in total. The van der Waals surface area contributed by atoms with Gasteiger partial charge in [-0.2, -0.15) is 0 Å². The Morgan fingerprint density at radius 3 is 2.37 bits per heavy atom. The van der Waals surface area contributed by atoms with Crippen LogP contribution in [0.15, 0.2) is 66.7 Å². The first-order valence-electron chi connectivity index (χ1n) is 10.5. The molecule has 0 saturated carbocycles. The Bertz CT molecular complexity index is 998. The number of fused-ring (bicyclic) bond motifs is 1. The van der Waals surface area contributed by atoms with Gasteiger partial charge in [0.25, 0.3) is 0 Å². The van der Waals surface area contributed by atoms with Gasteiger partial charge in [-0.15, -0.1) is 0 Å². The van der Waals surface area contributed by atoms with Crippen LogP contribution in [-0.4, -0.2) is 62.6 Å². The van der Waals surface area contributed by atoms with Gasteiger partial charge < -0.3 is 14.5 Å². The first-order chi connectivity index (χ1) is 14.6. The summed E-state index contributed by atoms with van der Waals surface area (Å²) in [4.78, 5) is 19.2. The zero-order valence-electron chi connectivity index (χ0n) is 17.8. The summed E-state index contributed by atoms with van der Waals surface area (Å²) in [5, 5.41) is 2.35. The number of carbonyl (C=O) groups is 1. The Morgan fingerprint density at radius 2 is 1.63 bits per heavy atom. The lowest BCUT2D eigenvalue weighted by Crippen LogP contribution is -2.51. The van der Waals surface area contributed by atoms with Crippen molar-refractivity contribution in [1.82, 2.24) is 9.80 Å². The average Bonchev–Trinajstić information content (AvgIpc) is 2.79. The van der Waals surface area contributed by atoms with E-state index in [4.69, 9.17) is 4.74 Å². The van der Waals surface area contributed by atoms with E-state index in [0.717, 1.165) is 43.9 Å². The summed E-state index contributed by atoms with van der Waals surface area (Å²) in [5.74, 6) is 1.07. The maximum Gasteiger partial charge on any atom is 0.236 e. The van der Waals surface area contributed by atoms with Crippen molar-refractivity contribution in [2.24, 2.45) is 0 Å². The van der Waals surface area contributed by atoms with Crippen LogP contribution in [0.25, 0.3) is 10.8 Å². The van der Waals surface area contributed by atoms with Crippen LogP contribution < -0.4 is 9.64 Å². The maximum atomic E-state index is 12.8. The molecule has 0 unspecified atom stereocenters. The number of para-hydroxylation sites is 1. The Balaban J connectivity index is 1.30. The number of rotatable bonds is 6. The quantitative estimate of drug-likeness (QED) is 0.630. The number of ether oxygens (including phenoxy) is 1. The van der Waals surface area contributed by atoms with E-state index in [0.29, 0.717) is 6.54 Å². The van der Waals surface area contributed by atoms with E-state index in [-0.39, 0.29) is 5.91 Å². The molecule has 3 aromatic rings. The predicted molar refractivity (Wildman–Crippen MR) is 122 cm³/mol. The fraction of sp³-hybridized carbons (Fsp3) is 0.320. The number of hydrogen-bond acceptors (Lipinski definition) is 4. The van der Waals surface area contributed by atoms with Gasteiger partial charge in [0.2, 0.25) is 5.91 Å². The van der Waals surface area contributed by atoms with Gasteiger partial charge in [0.05, 0.1) is 13.7 Å². The number of likely N-dealkylation sites (N-methyl/N-ethyl adjacent to an activating group) is 1. The van der Waals surface area contributed by atoms with E-state index in [1.54, 1.807) is 7.11 Å². The van der Waals surface area contributed by atoms with Crippen molar-refractivity contribution in [2.45, 2.75) is 6.54 Å². The molecule has 5 nitrogen and oxygen atoms in total. The third-order valence-electron chi connectivity index (χ3n) is 5.72. The Kier molecular flexibility index (Phi) is 6.19. The molecular weight excluding hydrogens is 374 g/mol. The minimum atomic E-state index is 0.204. The van der Waals surface area contributed by atoms with Gasteiger partial charge in [-0.25, -0.2) is 0 Å². The first-order valence-corrected chi connectivity index (χ1v) is 10.5. The highest BCUT2D eigenvalue weighted by Gasteiger charge is 2.22. The normalized spacial score (nSPS) is 14.4. The van der Waals surface area contributed by atoms with Crippen LogP contribution in [0.3, 0.4) is 0 Å². The summed E-state index contributed by atoms with van der Waals surface area (Å²) in [5.41, 5.74) is 2.44. The lowest BCUT2D eigenvalue weighted by Gasteiger charge is -2.36. The minimum Gasteiger partial charge on any atom is -0.497 e. The summed E-state index contributed by atoms with van der Waals surface area (Å²) in [6.07, 6.45) is 0. The molecule has 4 rings (SSSR count). The molecule has 0 atom stereocenters. The van der Waals surface area contributed by atoms with Gasteiger partial charge in [-0.05, 0) is 53.7 Å².